The predicted molar refractivity (Wildman–Crippen MR) is 94.5 cm³/mol. The third-order valence-corrected chi connectivity index (χ3v) is 4.57. The van der Waals surface area contributed by atoms with Crippen LogP contribution in [0.5, 0.6) is 0 Å². The minimum atomic E-state index is 0.126. The smallest absolute Gasteiger partial charge is 0.324 e. The number of hydrogen-bond donors (Lipinski definition) is 0. The van der Waals surface area contributed by atoms with Crippen molar-refractivity contribution in [2.75, 3.05) is 0 Å². The first-order valence-electron chi connectivity index (χ1n) is 7.96. The summed E-state index contributed by atoms with van der Waals surface area (Å²) in [5.74, 6) is 0.155. The highest BCUT2D eigenvalue weighted by Gasteiger charge is 2.23. The zero-order chi connectivity index (χ0) is 15.8. The predicted octanol–water partition coefficient (Wildman–Crippen LogP) is 3.62. The van der Waals surface area contributed by atoms with Crippen molar-refractivity contribution in [3.63, 3.8) is 0 Å². The molecular weight excluding hydrogens is 283 g/mol. The Morgan fingerprint density at radius 3 is 2.74 bits per heavy atom. The molecule has 23 heavy (non-hydrogen) atoms. The van der Waals surface area contributed by atoms with Crippen LogP contribution in [0.4, 0.5) is 0 Å². The van der Waals surface area contributed by atoms with Gasteiger partial charge in [0.15, 0.2) is 5.78 Å². The van der Waals surface area contributed by atoms with Gasteiger partial charge in [0.05, 0.1) is 6.61 Å². The van der Waals surface area contributed by atoms with E-state index in [4.69, 9.17) is 4.65 Å². The second kappa shape index (κ2) is 5.67. The van der Waals surface area contributed by atoms with Gasteiger partial charge in [0.25, 0.3) is 0 Å². The largest absolute Gasteiger partial charge is 0.427 e. The highest BCUT2D eigenvalue weighted by molar-refractivity contribution is 6.67. The molecule has 3 aromatic rings. The second-order valence-corrected chi connectivity index (χ2v) is 6.15. The second-order valence-electron chi connectivity index (χ2n) is 6.15. The number of carbonyl (C=O) groups excluding carboxylic acids is 1. The van der Waals surface area contributed by atoms with E-state index in [0.29, 0.717) is 13.0 Å². The van der Waals surface area contributed by atoms with Gasteiger partial charge in [0.1, 0.15) is 0 Å². The Morgan fingerprint density at radius 1 is 1.04 bits per heavy atom. The molecular formula is C20H17BO2. The first kappa shape index (κ1) is 14.2. The van der Waals surface area contributed by atoms with Gasteiger partial charge in [-0.1, -0.05) is 61.4 Å². The van der Waals surface area contributed by atoms with Crippen LogP contribution in [0.25, 0.3) is 10.8 Å². The number of carbonyl (C=O) groups is 1. The molecule has 0 saturated carbocycles. The summed E-state index contributed by atoms with van der Waals surface area (Å²) in [6.07, 6.45) is 0.429. The number of hydrogen-bond acceptors (Lipinski definition) is 2. The zero-order valence-corrected chi connectivity index (χ0v) is 13.1. The maximum Gasteiger partial charge on any atom is 0.324 e. The van der Waals surface area contributed by atoms with Crippen LogP contribution in [0.15, 0.2) is 60.7 Å². The Bertz CT molecular complexity index is 901. The fourth-order valence-corrected chi connectivity index (χ4v) is 3.22. The van der Waals surface area contributed by atoms with E-state index in [1.165, 1.54) is 11.0 Å². The summed E-state index contributed by atoms with van der Waals surface area (Å²) in [5.41, 5.74) is 4.28. The summed E-state index contributed by atoms with van der Waals surface area (Å²) in [5, 5.41) is 2.27. The molecule has 0 unspecified atom stereocenters. The van der Waals surface area contributed by atoms with Crippen LogP contribution in [0, 0.1) is 0 Å². The van der Waals surface area contributed by atoms with Gasteiger partial charge >= 0.3 is 6.92 Å². The van der Waals surface area contributed by atoms with Crippen molar-refractivity contribution in [1.82, 2.24) is 0 Å². The molecule has 3 heteroatoms. The molecule has 1 aliphatic heterocycles. The minimum Gasteiger partial charge on any atom is -0.427 e. The number of fused-ring (bicyclic) bond motifs is 2. The minimum absolute atomic E-state index is 0.126. The van der Waals surface area contributed by atoms with E-state index in [0.717, 1.165) is 21.9 Å². The van der Waals surface area contributed by atoms with Crippen molar-refractivity contribution in [2.45, 2.75) is 19.9 Å². The number of ketones is 1. The van der Waals surface area contributed by atoms with E-state index in [9.17, 15) is 4.79 Å². The van der Waals surface area contributed by atoms with E-state index in [-0.39, 0.29) is 12.7 Å². The van der Waals surface area contributed by atoms with Gasteiger partial charge in [0, 0.05) is 12.0 Å². The van der Waals surface area contributed by atoms with Crippen LogP contribution in [-0.2, 0) is 17.7 Å². The summed E-state index contributed by atoms with van der Waals surface area (Å²) in [7, 11) is 0. The fraction of sp³-hybridized carbons (Fsp3) is 0.150. The number of benzene rings is 3. The molecule has 2 nitrogen and oxygen atoms in total. The summed E-state index contributed by atoms with van der Waals surface area (Å²) >= 11 is 0. The molecule has 0 fully saturated rings. The first-order valence-corrected chi connectivity index (χ1v) is 7.96. The van der Waals surface area contributed by atoms with Gasteiger partial charge in [0.2, 0.25) is 0 Å². The molecule has 0 bridgehead atoms. The maximum atomic E-state index is 12.6. The van der Waals surface area contributed by atoms with Crippen molar-refractivity contribution in [3.05, 3.63) is 77.4 Å². The van der Waals surface area contributed by atoms with Crippen molar-refractivity contribution in [2.24, 2.45) is 0 Å². The molecule has 0 saturated heterocycles. The number of Topliss-reactive ketones (excluding diaryl/α,β-unsaturated/α-hetero) is 1. The van der Waals surface area contributed by atoms with Gasteiger partial charge < -0.3 is 4.65 Å². The van der Waals surface area contributed by atoms with Crippen LogP contribution in [0.3, 0.4) is 0 Å². The average Bonchev–Trinajstić information content (AvgIpc) is 2.95. The molecule has 112 valence electrons. The molecule has 0 amide bonds. The Morgan fingerprint density at radius 2 is 1.87 bits per heavy atom. The summed E-state index contributed by atoms with van der Waals surface area (Å²) in [4.78, 5) is 12.6. The molecule has 4 rings (SSSR count). The normalized spacial score (nSPS) is 13.3. The maximum absolute atomic E-state index is 12.6. The average molecular weight is 300 g/mol. The van der Waals surface area contributed by atoms with Crippen molar-refractivity contribution < 1.29 is 9.45 Å². The SMILES string of the molecule is CB1OCc2ccc(CC(=O)c3ccc4ccccc4c3)cc21. The van der Waals surface area contributed by atoms with E-state index in [1.807, 2.05) is 42.5 Å². The highest BCUT2D eigenvalue weighted by Crippen LogP contribution is 2.18. The molecule has 0 aliphatic carbocycles. The molecule has 3 aromatic carbocycles. The molecule has 0 spiro atoms. The summed E-state index contributed by atoms with van der Waals surface area (Å²) < 4.78 is 5.63. The van der Waals surface area contributed by atoms with E-state index >= 15 is 0 Å². The lowest BCUT2D eigenvalue weighted by Gasteiger charge is -2.06. The van der Waals surface area contributed by atoms with Crippen LogP contribution < -0.4 is 5.46 Å². The van der Waals surface area contributed by atoms with Crippen molar-refractivity contribution in [3.8, 4) is 0 Å². The fourth-order valence-electron chi connectivity index (χ4n) is 3.22. The monoisotopic (exact) mass is 300 g/mol. The Balaban J connectivity index is 1.60. The van der Waals surface area contributed by atoms with Gasteiger partial charge in [-0.05, 0) is 33.4 Å². The lowest BCUT2D eigenvalue weighted by molar-refractivity contribution is 0.0993. The molecule has 1 heterocycles. The van der Waals surface area contributed by atoms with Crippen LogP contribution in [-0.4, -0.2) is 12.7 Å². The quantitative estimate of drug-likeness (QED) is 0.545. The van der Waals surface area contributed by atoms with E-state index < -0.39 is 0 Å². The summed E-state index contributed by atoms with van der Waals surface area (Å²) in [6.45, 7) is 2.86. The lowest BCUT2D eigenvalue weighted by atomic mass is 9.64. The van der Waals surface area contributed by atoms with Gasteiger partial charge in [-0.2, -0.15) is 0 Å². The summed E-state index contributed by atoms with van der Waals surface area (Å²) in [6, 6.07) is 20.3. The third kappa shape index (κ3) is 2.68. The molecule has 0 radical (unpaired) electrons. The third-order valence-electron chi connectivity index (χ3n) is 4.57. The molecule has 0 aromatic heterocycles. The highest BCUT2D eigenvalue weighted by atomic mass is 16.4. The molecule has 0 atom stereocenters. The molecule has 1 aliphatic rings. The van der Waals surface area contributed by atoms with Gasteiger partial charge in [-0.15, -0.1) is 0 Å². The Hall–Kier alpha value is -2.39. The standard InChI is InChI=1S/C20H17BO2/c1-21-19-10-14(6-7-18(19)13-23-21)11-20(22)17-9-8-15-4-2-3-5-16(15)12-17/h2-10,12H,11,13H2,1H3. The van der Waals surface area contributed by atoms with Crippen LogP contribution >= 0.6 is 0 Å². The number of rotatable bonds is 3. The van der Waals surface area contributed by atoms with Crippen LogP contribution in [0.2, 0.25) is 6.82 Å². The molecule has 0 N–H and O–H groups in total. The van der Waals surface area contributed by atoms with Gasteiger partial charge in [-0.3, -0.25) is 4.79 Å². The zero-order valence-electron chi connectivity index (χ0n) is 13.1. The van der Waals surface area contributed by atoms with E-state index in [1.54, 1.807) is 0 Å². The van der Waals surface area contributed by atoms with Crippen LogP contribution in [0.1, 0.15) is 21.5 Å². The topological polar surface area (TPSA) is 26.3 Å². The first-order chi connectivity index (χ1) is 11.2. The Kier molecular flexibility index (Phi) is 3.51. The van der Waals surface area contributed by atoms with Crippen molar-refractivity contribution in [1.29, 1.82) is 0 Å². The van der Waals surface area contributed by atoms with Crippen molar-refractivity contribution >= 4 is 28.9 Å². The lowest BCUT2D eigenvalue weighted by Crippen LogP contribution is -2.24. The Labute approximate surface area is 136 Å². The van der Waals surface area contributed by atoms with Gasteiger partial charge in [-0.25, -0.2) is 0 Å². The van der Waals surface area contributed by atoms with E-state index in [2.05, 4.69) is 25.0 Å².